The maximum Gasteiger partial charge on any atom is 0.317 e. The minimum Gasteiger partial charge on any atom is -0.399 e. The van der Waals surface area contributed by atoms with Crippen LogP contribution >= 0.6 is 0 Å². The summed E-state index contributed by atoms with van der Waals surface area (Å²) in [7, 11) is 3.43. The highest BCUT2D eigenvalue weighted by Crippen LogP contribution is 2.14. The first-order valence-corrected chi connectivity index (χ1v) is 4.84. The van der Waals surface area contributed by atoms with Crippen LogP contribution in [0.3, 0.4) is 0 Å². The fourth-order valence-corrected chi connectivity index (χ4v) is 1.18. The summed E-state index contributed by atoms with van der Waals surface area (Å²) in [6.45, 7) is 1.94. The minimum absolute atomic E-state index is 0.0134. The molecule has 0 aliphatic heterocycles. The summed E-state index contributed by atoms with van der Waals surface area (Å²) in [4.78, 5) is 12.9. The van der Waals surface area contributed by atoms with Crippen LogP contribution < -0.4 is 11.1 Å². The van der Waals surface area contributed by atoms with Crippen molar-refractivity contribution in [1.82, 2.24) is 10.2 Å². The van der Waals surface area contributed by atoms with Gasteiger partial charge in [-0.25, -0.2) is 4.79 Å². The van der Waals surface area contributed by atoms with Gasteiger partial charge in [0, 0.05) is 19.8 Å². The molecule has 0 aromatic heterocycles. The van der Waals surface area contributed by atoms with Crippen LogP contribution in [-0.4, -0.2) is 25.0 Å². The molecule has 4 nitrogen and oxygen atoms in total. The Bertz CT molecular complexity index is 332. The van der Waals surface area contributed by atoms with E-state index < -0.39 is 0 Å². The zero-order valence-corrected chi connectivity index (χ0v) is 9.32. The third-order valence-corrected chi connectivity index (χ3v) is 2.18. The Morgan fingerprint density at radius 1 is 1.33 bits per heavy atom. The number of anilines is 1. The molecule has 1 aromatic carbocycles. The van der Waals surface area contributed by atoms with Crippen LogP contribution in [0.1, 0.15) is 18.5 Å². The first-order chi connectivity index (χ1) is 7.00. The number of carbonyl (C=O) groups is 1. The van der Waals surface area contributed by atoms with Crippen LogP contribution in [0.2, 0.25) is 0 Å². The molecule has 0 radical (unpaired) electrons. The largest absolute Gasteiger partial charge is 0.399 e. The number of carbonyl (C=O) groups excluding carboxylic acids is 1. The fourth-order valence-electron chi connectivity index (χ4n) is 1.18. The van der Waals surface area contributed by atoms with E-state index >= 15 is 0 Å². The molecule has 1 atom stereocenters. The van der Waals surface area contributed by atoms with Gasteiger partial charge in [-0.05, 0) is 24.6 Å². The Labute approximate surface area is 90.1 Å². The molecule has 0 fully saturated rings. The monoisotopic (exact) mass is 207 g/mol. The lowest BCUT2D eigenvalue weighted by Gasteiger charge is -2.18. The van der Waals surface area contributed by atoms with Gasteiger partial charge in [-0.3, -0.25) is 0 Å². The first kappa shape index (κ1) is 11.4. The maximum absolute atomic E-state index is 11.4. The maximum atomic E-state index is 11.4. The van der Waals surface area contributed by atoms with E-state index in [0.717, 1.165) is 11.3 Å². The van der Waals surface area contributed by atoms with Crippen LogP contribution in [0.4, 0.5) is 10.5 Å². The third kappa shape index (κ3) is 3.16. The van der Waals surface area contributed by atoms with Gasteiger partial charge >= 0.3 is 6.03 Å². The smallest absolute Gasteiger partial charge is 0.317 e. The van der Waals surface area contributed by atoms with Crippen molar-refractivity contribution in [1.29, 1.82) is 0 Å². The van der Waals surface area contributed by atoms with E-state index in [9.17, 15) is 4.79 Å². The Morgan fingerprint density at radius 3 is 2.33 bits per heavy atom. The lowest BCUT2D eigenvalue weighted by atomic mass is 10.1. The van der Waals surface area contributed by atoms with E-state index in [2.05, 4.69) is 5.32 Å². The Hall–Kier alpha value is -1.71. The van der Waals surface area contributed by atoms with E-state index in [-0.39, 0.29) is 12.1 Å². The molecule has 15 heavy (non-hydrogen) atoms. The number of benzene rings is 1. The van der Waals surface area contributed by atoms with Gasteiger partial charge in [-0.15, -0.1) is 0 Å². The SMILES string of the molecule is C[C@H](NC(=O)N(C)C)c1ccc(N)cc1. The van der Waals surface area contributed by atoms with Gasteiger partial charge in [0.25, 0.3) is 0 Å². The van der Waals surface area contributed by atoms with Crippen LogP contribution in [0, 0.1) is 0 Å². The quantitative estimate of drug-likeness (QED) is 0.724. The number of nitrogens with zero attached hydrogens (tertiary/aromatic N) is 1. The summed E-state index contributed by atoms with van der Waals surface area (Å²) in [6.07, 6.45) is 0. The lowest BCUT2D eigenvalue weighted by Crippen LogP contribution is -2.36. The molecule has 0 unspecified atom stereocenters. The summed E-state index contributed by atoms with van der Waals surface area (Å²) in [6, 6.07) is 7.37. The van der Waals surface area contributed by atoms with Crippen LogP contribution in [0.15, 0.2) is 24.3 Å². The Morgan fingerprint density at radius 2 is 1.87 bits per heavy atom. The number of urea groups is 1. The molecular formula is C11H17N3O. The van der Waals surface area contributed by atoms with Gasteiger partial charge in [-0.1, -0.05) is 12.1 Å². The summed E-state index contributed by atoms with van der Waals surface area (Å²) in [5, 5.41) is 2.86. The van der Waals surface area contributed by atoms with Gasteiger partial charge in [-0.2, -0.15) is 0 Å². The fraction of sp³-hybridized carbons (Fsp3) is 0.364. The highest BCUT2D eigenvalue weighted by Gasteiger charge is 2.09. The normalized spacial score (nSPS) is 11.9. The Kier molecular flexibility index (Phi) is 3.55. The van der Waals surface area contributed by atoms with E-state index in [1.54, 1.807) is 14.1 Å². The first-order valence-electron chi connectivity index (χ1n) is 4.84. The second-order valence-corrected chi connectivity index (χ2v) is 3.73. The van der Waals surface area contributed by atoms with Crippen LogP contribution in [-0.2, 0) is 0 Å². The lowest BCUT2D eigenvalue weighted by molar-refractivity contribution is 0.214. The van der Waals surface area contributed by atoms with Crippen molar-refractivity contribution in [3.05, 3.63) is 29.8 Å². The molecule has 82 valence electrons. The van der Waals surface area contributed by atoms with Crippen molar-refractivity contribution in [2.45, 2.75) is 13.0 Å². The van der Waals surface area contributed by atoms with Gasteiger partial charge in [0.2, 0.25) is 0 Å². The van der Waals surface area contributed by atoms with E-state index in [1.165, 1.54) is 4.90 Å². The topological polar surface area (TPSA) is 58.4 Å². The standard InChI is InChI=1S/C11H17N3O/c1-8(13-11(15)14(2)3)9-4-6-10(12)7-5-9/h4-8H,12H2,1-3H3,(H,13,15)/t8-/m0/s1. The average Bonchev–Trinajstić information content (AvgIpc) is 2.18. The van der Waals surface area contributed by atoms with Crippen LogP contribution in [0.5, 0.6) is 0 Å². The zero-order chi connectivity index (χ0) is 11.4. The second kappa shape index (κ2) is 4.68. The summed E-state index contributed by atoms with van der Waals surface area (Å²) < 4.78 is 0. The van der Waals surface area contributed by atoms with Crippen molar-refractivity contribution in [3.8, 4) is 0 Å². The van der Waals surface area contributed by atoms with Crippen molar-refractivity contribution in [3.63, 3.8) is 0 Å². The molecule has 0 spiro atoms. The molecule has 1 aromatic rings. The van der Waals surface area contributed by atoms with E-state index in [0.29, 0.717) is 0 Å². The van der Waals surface area contributed by atoms with Gasteiger partial charge < -0.3 is 16.0 Å². The molecule has 2 amide bonds. The highest BCUT2D eigenvalue weighted by atomic mass is 16.2. The molecule has 3 N–H and O–H groups in total. The average molecular weight is 207 g/mol. The number of hydrogen-bond donors (Lipinski definition) is 2. The molecule has 0 heterocycles. The predicted molar refractivity (Wildman–Crippen MR) is 61.5 cm³/mol. The Balaban J connectivity index is 2.65. The minimum atomic E-state index is -0.0978. The van der Waals surface area contributed by atoms with Crippen molar-refractivity contribution in [2.75, 3.05) is 19.8 Å². The molecule has 0 saturated carbocycles. The summed E-state index contributed by atoms with van der Waals surface area (Å²) in [5.74, 6) is 0. The second-order valence-electron chi connectivity index (χ2n) is 3.73. The van der Waals surface area contributed by atoms with Crippen molar-refractivity contribution >= 4 is 11.7 Å². The number of nitrogens with two attached hydrogens (primary N) is 1. The predicted octanol–water partition coefficient (Wildman–Crippen LogP) is 1.60. The van der Waals surface area contributed by atoms with Crippen LogP contribution in [0.25, 0.3) is 0 Å². The molecule has 0 aliphatic rings. The van der Waals surface area contributed by atoms with E-state index in [4.69, 9.17) is 5.73 Å². The molecule has 0 aliphatic carbocycles. The number of nitrogen functional groups attached to an aromatic ring is 1. The number of amides is 2. The number of hydrogen-bond acceptors (Lipinski definition) is 2. The highest BCUT2D eigenvalue weighted by molar-refractivity contribution is 5.74. The van der Waals surface area contributed by atoms with Gasteiger partial charge in [0.1, 0.15) is 0 Å². The summed E-state index contributed by atoms with van der Waals surface area (Å²) >= 11 is 0. The van der Waals surface area contributed by atoms with Crippen molar-refractivity contribution in [2.24, 2.45) is 0 Å². The van der Waals surface area contributed by atoms with Gasteiger partial charge in [0.05, 0.1) is 6.04 Å². The zero-order valence-electron chi connectivity index (χ0n) is 9.32. The van der Waals surface area contributed by atoms with E-state index in [1.807, 2.05) is 31.2 Å². The number of rotatable bonds is 2. The third-order valence-electron chi connectivity index (χ3n) is 2.18. The molecular weight excluding hydrogens is 190 g/mol. The molecule has 4 heteroatoms. The van der Waals surface area contributed by atoms with Gasteiger partial charge in [0.15, 0.2) is 0 Å². The molecule has 0 saturated heterocycles. The van der Waals surface area contributed by atoms with Crippen molar-refractivity contribution < 1.29 is 4.79 Å². The molecule has 1 rings (SSSR count). The summed E-state index contributed by atoms with van der Waals surface area (Å²) in [5.41, 5.74) is 7.35. The number of nitrogens with one attached hydrogen (secondary N) is 1. The molecule has 0 bridgehead atoms.